The molecule has 7 heteroatoms. The summed E-state index contributed by atoms with van der Waals surface area (Å²) >= 11 is 1.75. The summed E-state index contributed by atoms with van der Waals surface area (Å²) in [6.45, 7) is 3.21. The maximum atomic E-state index is 11.9. The van der Waals surface area contributed by atoms with E-state index in [-0.39, 0.29) is 12.7 Å². The molecule has 2 aliphatic rings. The van der Waals surface area contributed by atoms with Crippen molar-refractivity contribution in [3.8, 4) is 0 Å². The van der Waals surface area contributed by atoms with Crippen molar-refractivity contribution in [3.63, 3.8) is 0 Å². The van der Waals surface area contributed by atoms with Crippen LogP contribution in [0.5, 0.6) is 0 Å². The number of quaternary nitrogens is 1. The molecular formula is C13H16N3O3S+. The highest BCUT2D eigenvalue weighted by molar-refractivity contribution is 7.10. The van der Waals surface area contributed by atoms with Crippen molar-refractivity contribution in [1.29, 1.82) is 0 Å². The number of carbonyl (C=O) groups excluding carboxylic acids is 3. The van der Waals surface area contributed by atoms with Gasteiger partial charge in [0, 0.05) is 23.9 Å². The lowest BCUT2D eigenvalue weighted by molar-refractivity contribution is -0.938. The van der Waals surface area contributed by atoms with Crippen LogP contribution in [0.25, 0.3) is 0 Å². The number of hydrogen-bond donors (Lipinski definition) is 1. The Labute approximate surface area is 120 Å². The van der Waals surface area contributed by atoms with Crippen LogP contribution < -0.4 is 4.90 Å². The average molecular weight is 294 g/mol. The second kappa shape index (κ2) is 4.68. The Hall–Kier alpha value is -1.73. The molecule has 6 nitrogen and oxygen atoms in total. The molecule has 2 aliphatic heterocycles. The number of nitrogens with one attached hydrogen (secondary N) is 1. The number of amides is 4. The molecule has 1 aromatic rings. The van der Waals surface area contributed by atoms with Gasteiger partial charge in [-0.1, -0.05) is 0 Å². The minimum absolute atomic E-state index is 0.228. The molecule has 3 heterocycles. The monoisotopic (exact) mass is 294 g/mol. The van der Waals surface area contributed by atoms with E-state index in [1.54, 1.807) is 11.3 Å². The van der Waals surface area contributed by atoms with Crippen LogP contribution >= 0.6 is 11.3 Å². The Morgan fingerprint density at radius 1 is 1.35 bits per heavy atom. The maximum Gasteiger partial charge on any atom is 0.338 e. The Balaban J connectivity index is 1.78. The van der Waals surface area contributed by atoms with E-state index < -0.39 is 17.8 Å². The van der Waals surface area contributed by atoms with Gasteiger partial charge in [0.1, 0.15) is 6.04 Å². The van der Waals surface area contributed by atoms with E-state index in [4.69, 9.17) is 0 Å². The SMILES string of the molecule is C[C@H]1c2ccsc2CC[NH+]1CN1C(=O)C(=O)N(C)C1=O. The van der Waals surface area contributed by atoms with Gasteiger partial charge in [0.15, 0.2) is 6.67 Å². The Bertz CT molecular complexity index is 597. The van der Waals surface area contributed by atoms with Gasteiger partial charge in [-0.05, 0) is 18.4 Å². The lowest BCUT2D eigenvalue weighted by Crippen LogP contribution is -3.14. The van der Waals surface area contributed by atoms with E-state index in [9.17, 15) is 14.4 Å². The minimum Gasteiger partial charge on any atom is -0.311 e. The van der Waals surface area contributed by atoms with Crippen molar-refractivity contribution in [2.24, 2.45) is 0 Å². The normalized spacial score (nSPS) is 26.4. The van der Waals surface area contributed by atoms with Crippen molar-refractivity contribution in [1.82, 2.24) is 9.80 Å². The molecule has 0 radical (unpaired) electrons. The zero-order valence-corrected chi connectivity index (χ0v) is 12.2. The predicted molar refractivity (Wildman–Crippen MR) is 72.1 cm³/mol. The zero-order valence-electron chi connectivity index (χ0n) is 11.4. The van der Waals surface area contributed by atoms with Gasteiger partial charge in [0.25, 0.3) is 0 Å². The van der Waals surface area contributed by atoms with Gasteiger partial charge in [-0.2, -0.15) is 0 Å². The predicted octanol–water partition coefficient (Wildman–Crippen LogP) is -0.372. The fourth-order valence-electron chi connectivity index (χ4n) is 2.82. The molecule has 0 aliphatic carbocycles. The summed E-state index contributed by atoms with van der Waals surface area (Å²) < 4.78 is 0. The van der Waals surface area contributed by atoms with Crippen LogP contribution in [0.4, 0.5) is 4.79 Å². The second-order valence-electron chi connectivity index (χ2n) is 5.22. The van der Waals surface area contributed by atoms with Crippen molar-refractivity contribution < 1.29 is 19.3 Å². The fraction of sp³-hybridized carbons (Fsp3) is 0.462. The molecule has 1 unspecified atom stereocenters. The first kappa shape index (κ1) is 13.3. The van der Waals surface area contributed by atoms with E-state index >= 15 is 0 Å². The summed E-state index contributed by atoms with van der Waals surface area (Å²) in [6, 6.07) is 1.82. The average Bonchev–Trinajstić information content (AvgIpc) is 2.98. The number of thiophene rings is 1. The van der Waals surface area contributed by atoms with Crippen molar-refractivity contribution in [2.75, 3.05) is 20.3 Å². The number of carbonyl (C=O) groups is 3. The lowest BCUT2D eigenvalue weighted by atomic mass is 10.0. The summed E-state index contributed by atoms with van der Waals surface area (Å²) in [5, 5.41) is 2.08. The van der Waals surface area contributed by atoms with Crippen LogP contribution in [0.3, 0.4) is 0 Å². The molecule has 2 atom stereocenters. The van der Waals surface area contributed by atoms with Crippen LogP contribution in [-0.4, -0.2) is 47.9 Å². The fourth-order valence-corrected chi connectivity index (χ4v) is 3.80. The van der Waals surface area contributed by atoms with Gasteiger partial charge in [0.2, 0.25) is 0 Å². The molecule has 0 spiro atoms. The molecule has 20 heavy (non-hydrogen) atoms. The lowest BCUT2D eigenvalue weighted by Gasteiger charge is -2.32. The third-order valence-electron chi connectivity index (χ3n) is 4.14. The molecule has 106 valence electrons. The number of urea groups is 1. The van der Waals surface area contributed by atoms with E-state index in [1.165, 1.54) is 17.5 Å². The molecule has 0 aromatic carbocycles. The summed E-state index contributed by atoms with van der Waals surface area (Å²) in [7, 11) is 1.34. The molecule has 4 amide bonds. The Kier molecular flexibility index (Phi) is 3.10. The van der Waals surface area contributed by atoms with Crippen LogP contribution in [0, 0.1) is 0 Å². The van der Waals surface area contributed by atoms with E-state index in [2.05, 4.69) is 18.4 Å². The van der Waals surface area contributed by atoms with Crippen LogP contribution in [-0.2, 0) is 16.0 Å². The van der Waals surface area contributed by atoms with Crippen molar-refractivity contribution >= 4 is 29.2 Å². The highest BCUT2D eigenvalue weighted by atomic mass is 32.1. The first-order valence-electron chi connectivity index (χ1n) is 6.55. The highest BCUT2D eigenvalue weighted by Gasteiger charge is 2.45. The van der Waals surface area contributed by atoms with Gasteiger partial charge in [-0.15, -0.1) is 11.3 Å². The minimum atomic E-state index is -0.740. The Morgan fingerprint density at radius 3 is 2.75 bits per heavy atom. The summed E-state index contributed by atoms with van der Waals surface area (Å²) in [4.78, 5) is 39.7. The van der Waals surface area contributed by atoms with Crippen LogP contribution in [0.15, 0.2) is 11.4 Å². The smallest absolute Gasteiger partial charge is 0.311 e. The number of nitrogens with zero attached hydrogens (tertiary/aromatic N) is 2. The van der Waals surface area contributed by atoms with Crippen molar-refractivity contribution in [2.45, 2.75) is 19.4 Å². The first-order valence-corrected chi connectivity index (χ1v) is 7.43. The molecule has 1 N–H and O–H groups in total. The number of likely N-dealkylation sites (N-methyl/N-ethyl adjacent to an activating group) is 1. The van der Waals surface area contributed by atoms with Crippen LogP contribution in [0.1, 0.15) is 23.4 Å². The zero-order chi connectivity index (χ0) is 14.4. The largest absolute Gasteiger partial charge is 0.338 e. The standard InChI is InChI=1S/C13H15N3O3S/c1-8-9-4-6-20-10(9)3-5-15(8)7-16-12(18)11(17)14(2)13(16)19/h4,6,8H,3,5,7H2,1-2H3/p+1/t8-/m0/s1. The number of fused-ring (bicyclic) bond motifs is 1. The first-order chi connectivity index (χ1) is 9.50. The number of imide groups is 2. The summed E-state index contributed by atoms with van der Waals surface area (Å²) in [5.74, 6) is -1.45. The topological polar surface area (TPSA) is 62.1 Å². The number of rotatable bonds is 2. The number of hydrogen-bond acceptors (Lipinski definition) is 4. The second-order valence-corrected chi connectivity index (χ2v) is 6.22. The quantitative estimate of drug-likeness (QED) is 0.598. The molecule has 0 saturated carbocycles. The molecule has 3 rings (SSSR count). The maximum absolute atomic E-state index is 11.9. The third kappa shape index (κ3) is 1.85. The van der Waals surface area contributed by atoms with Gasteiger partial charge in [-0.3, -0.25) is 14.5 Å². The molecular weight excluding hydrogens is 278 g/mol. The molecule has 1 aromatic heterocycles. The highest BCUT2D eigenvalue weighted by Crippen LogP contribution is 2.24. The van der Waals surface area contributed by atoms with Gasteiger partial charge in [0.05, 0.1) is 6.54 Å². The van der Waals surface area contributed by atoms with Gasteiger partial charge >= 0.3 is 17.8 Å². The summed E-state index contributed by atoms with van der Waals surface area (Å²) in [6.07, 6.45) is 0.951. The third-order valence-corrected chi connectivity index (χ3v) is 5.14. The summed E-state index contributed by atoms with van der Waals surface area (Å²) in [5.41, 5.74) is 1.29. The molecule has 1 saturated heterocycles. The van der Waals surface area contributed by atoms with Crippen molar-refractivity contribution in [3.05, 3.63) is 21.9 Å². The molecule has 1 fully saturated rings. The van der Waals surface area contributed by atoms with E-state index in [0.717, 1.165) is 27.7 Å². The van der Waals surface area contributed by atoms with Crippen LogP contribution in [0.2, 0.25) is 0 Å². The Morgan fingerprint density at radius 2 is 2.10 bits per heavy atom. The van der Waals surface area contributed by atoms with Gasteiger partial charge in [-0.25, -0.2) is 9.69 Å². The molecule has 0 bridgehead atoms. The van der Waals surface area contributed by atoms with E-state index in [1.807, 2.05) is 0 Å². The van der Waals surface area contributed by atoms with E-state index in [0.29, 0.717) is 0 Å². The van der Waals surface area contributed by atoms with Gasteiger partial charge < -0.3 is 4.90 Å².